The first kappa shape index (κ1) is 19.9. The van der Waals surface area contributed by atoms with Crippen LogP contribution in [0.4, 0.5) is 0 Å². The lowest BCUT2D eigenvalue weighted by molar-refractivity contribution is -0.121. The predicted octanol–water partition coefficient (Wildman–Crippen LogP) is 2.99. The van der Waals surface area contributed by atoms with Gasteiger partial charge < -0.3 is 5.32 Å². The molecule has 0 aliphatic heterocycles. The number of hydrogen-bond acceptors (Lipinski definition) is 3. The van der Waals surface area contributed by atoms with E-state index in [9.17, 15) is 13.2 Å². The Morgan fingerprint density at radius 1 is 1.20 bits per heavy atom. The van der Waals surface area contributed by atoms with Crippen LogP contribution in [-0.4, -0.2) is 37.5 Å². The molecule has 6 heteroatoms. The van der Waals surface area contributed by atoms with E-state index in [1.165, 1.54) is 19.1 Å². The van der Waals surface area contributed by atoms with Gasteiger partial charge in [-0.05, 0) is 25.3 Å². The molecule has 0 spiro atoms. The number of carbonyl (C=O) groups excluding carboxylic acids is 1. The number of hydrogen-bond donors (Lipinski definition) is 1. The van der Waals surface area contributed by atoms with Gasteiger partial charge in [0.1, 0.15) is 0 Å². The molecule has 0 unspecified atom stereocenters. The summed E-state index contributed by atoms with van der Waals surface area (Å²) in [6.45, 7) is 2.76. The molecule has 0 heterocycles. The van der Waals surface area contributed by atoms with Crippen LogP contribution in [0.5, 0.6) is 0 Å². The highest BCUT2D eigenvalue weighted by Gasteiger charge is 2.27. The number of aryl methyl sites for hydroxylation is 1. The Balaban J connectivity index is 1.87. The van der Waals surface area contributed by atoms with Gasteiger partial charge in [0, 0.05) is 25.6 Å². The first-order valence-corrected chi connectivity index (χ1v) is 11.0. The van der Waals surface area contributed by atoms with Gasteiger partial charge in [0.05, 0.1) is 6.26 Å². The molecule has 1 aromatic rings. The smallest absolute Gasteiger partial charge is 0.221 e. The van der Waals surface area contributed by atoms with E-state index in [4.69, 9.17) is 0 Å². The van der Waals surface area contributed by atoms with Gasteiger partial charge in [-0.3, -0.25) is 4.79 Å². The van der Waals surface area contributed by atoms with E-state index in [-0.39, 0.29) is 24.9 Å². The highest BCUT2D eigenvalue weighted by atomic mass is 32.2. The second-order valence-electron chi connectivity index (χ2n) is 7.03. The molecule has 0 aromatic heterocycles. The highest BCUT2D eigenvalue weighted by Crippen LogP contribution is 2.23. The lowest BCUT2D eigenvalue weighted by Crippen LogP contribution is -2.41. The highest BCUT2D eigenvalue weighted by molar-refractivity contribution is 7.88. The third-order valence-corrected chi connectivity index (χ3v) is 6.12. The Kier molecular flexibility index (Phi) is 7.44. The zero-order valence-electron chi connectivity index (χ0n) is 15.3. The number of benzene rings is 1. The van der Waals surface area contributed by atoms with E-state index >= 15 is 0 Å². The number of nitrogens with one attached hydrogen (secondary N) is 1. The van der Waals surface area contributed by atoms with Crippen molar-refractivity contribution in [2.75, 3.05) is 12.8 Å². The van der Waals surface area contributed by atoms with Crippen molar-refractivity contribution in [2.24, 2.45) is 0 Å². The topological polar surface area (TPSA) is 66.5 Å². The van der Waals surface area contributed by atoms with E-state index in [2.05, 4.69) is 5.32 Å². The second-order valence-corrected chi connectivity index (χ2v) is 8.97. The van der Waals surface area contributed by atoms with Crippen LogP contribution in [0.1, 0.15) is 56.1 Å². The van der Waals surface area contributed by atoms with Crippen molar-refractivity contribution in [3.63, 3.8) is 0 Å². The van der Waals surface area contributed by atoms with Gasteiger partial charge in [-0.1, -0.05) is 55.5 Å². The van der Waals surface area contributed by atoms with Gasteiger partial charge in [-0.25, -0.2) is 8.42 Å². The van der Waals surface area contributed by atoms with Crippen LogP contribution in [0.25, 0.3) is 0 Å². The minimum atomic E-state index is -3.30. The molecular formula is C19H30N2O3S. The SMILES string of the molecule is Cc1cccc(CNC(=O)CCN(C2CCCCCC2)S(C)(=O)=O)c1. The maximum Gasteiger partial charge on any atom is 0.221 e. The maximum atomic E-state index is 12.2. The van der Waals surface area contributed by atoms with Crippen molar-refractivity contribution in [1.29, 1.82) is 0 Å². The summed E-state index contributed by atoms with van der Waals surface area (Å²) in [6.07, 6.45) is 7.73. The lowest BCUT2D eigenvalue weighted by Gasteiger charge is -2.28. The first-order chi connectivity index (χ1) is 11.9. The monoisotopic (exact) mass is 366 g/mol. The number of amides is 1. The summed E-state index contributed by atoms with van der Waals surface area (Å²) in [4.78, 5) is 12.2. The molecule has 1 amide bonds. The molecule has 1 aliphatic carbocycles. The van der Waals surface area contributed by atoms with Gasteiger partial charge >= 0.3 is 0 Å². The molecule has 25 heavy (non-hydrogen) atoms. The van der Waals surface area contributed by atoms with Crippen LogP contribution >= 0.6 is 0 Å². The van der Waals surface area contributed by atoms with Crippen LogP contribution in [0, 0.1) is 6.92 Å². The van der Waals surface area contributed by atoms with Gasteiger partial charge in [0.2, 0.25) is 15.9 Å². The molecule has 140 valence electrons. The largest absolute Gasteiger partial charge is 0.352 e. The third-order valence-electron chi connectivity index (χ3n) is 4.79. The fourth-order valence-electron chi connectivity index (χ4n) is 3.49. The molecule has 0 saturated heterocycles. The fourth-order valence-corrected chi connectivity index (χ4v) is 4.66. The molecule has 0 radical (unpaired) electrons. The fraction of sp³-hybridized carbons (Fsp3) is 0.632. The van der Waals surface area contributed by atoms with Crippen molar-refractivity contribution in [3.8, 4) is 0 Å². The third kappa shape index (κ3) is 6.78. The molecule has 2 rings (SSSR count). The molecule has 1 fully saturated rings. The Morgan fingerprint density at radius 2 is 1.88 bits per heavy atom. The zero-order valence-corrected chi connectivity index (χ0v) is 16.1. The average Bonchev–Trinajstić information content (AvgIpc) is 2.81. The van der Waals surface area contributed by atoms with Crippen molar-refractivity contribution >= 4 is 15.9 Å². The van der Waals surface area contributed by atoms with Gasteiger partial charge in [0.15, 0.2) is 0 Å². The molecule has 1 aliphatic rings. The molecule has 1 aromatic carbocycles. The summed E-state index contributed by atoms with van der Waals surface area (Å²) < 4.78 is 25.9. The van der Waals surface area contributed by atoms with Crippen molar-refractivity contribution in [2.45, 2.75) is 64.5 Å². The Hall–Kier alpha value is -1.40. The Labute approximate surface area is 151 Å². The van der Waals surface area contributed by atoms with Gasteiger partial charge in [-0.15, -0.1) is 0 Å². The molecule has 5 nitrogen and oxygen atoms in total. The number of nitrogens with zero attached hydrogens (tertiary/aromatic N) is 1. The minimum absolute atomic E-state index is 0.0436. The van der Waals surface area contributed by atoms with E-state index in [1.807, 2.05) is 31.2 Å². The quantitative estimate of drug-likeness (QED) is 0.755. The van der Waals surface area contributed by atoms with Crippen LogP contribution < -0.4 is 5.32 Å². The van der Waals surface area contributed by atoms with E-state index < -0.39 is 10.0 Å². The summed E-state index contributed by atoms with van der Waals surface area (Å²) in [5.74, 6) is -0.108. The summed E-state index contributed by atoms with van der Waals surface area (Å²) in [5.41, 5.74) is 2.21. The van der Waals surface area contributed by atoms with Crippen molar-refractivity contribution < 1.29 is 13.2 Å². The van der Waals surface area contributed by atoms with Crippen molar-refractivity contribution in [3.05, 3.63) is 35.4 Å². The van der Waals surface area contributed by atoms with E-state index in [0.717, 1.165) is 36.8 Å². The summed E-state index contributed by atoms with van der Waals surface area (Å²) in [7, 11) is -3.30. The van der Waals surface area contributed by atoms with Gasteiger partial charge in [0.25, 0.3) is 0 Å². The van der Waals surface area contributed by atoms with E-state index in [1.54, 1.807) is 4.31 Å². The summed E-state index contributed by atoms with van der Waals surface area (Å²) in [6, 6.07) is 8.04. The van der Waals surface area contributed by atoms with Crippen LogP contribution in [0.2, 0.25) is 0 Å². The standard InChI is InChI=1S/C19H30N2O3S/c1-16-8-7-9-17(14-16)15-20-19(22)12-13-21(25(2,23)24)18-10-5-3-4-6-11-18/h7-9,14,18H,3-6,10-13,15H2,1-2H3,(H,20,22). The van der Waals surface area contributed by atoms with Crippen LogP contribution in [-0.2, 0) is 21.4 Å². The van der Waals surface area contributed by atoms with Crippen LogP contribution in [0.15, 0.2) is 24.3 Å². The molecule has 1 saturated carbocycles. The van der Waals surface area contributed by atoms with Crippen LogP contribution in [0.3, 0.4) is 0 Å². The maximum absolute atomic E-state index is 12.2. The first-order valence-electron chi connectivity index (χ1n) is 9.15. The number of sulfonamides is 1. The zero-order chi connectivity index (χ0) is 18.3. The molecule has 1 N–H and O–H groups in total. The van der Waals surface area contributed by atoms with E-state index in [0.29, 0.717) is 6.54 Å². The lowest BCUT2D eigenvalue weighted by atomic mass is 10.1. The Bertz CT molecular complexity index is 665. The number of rotatable bonds is 7. The normalized spacial score (nSPS) is 16.6. The molecule has 0 bridgehead atoms. The Morgan fingerprint density at radius 3 is 2.48 bits per heavy atom. The second kappa shape index (κ2) is 9.34. The van der Waals surface area contributed by atoms with Gasteiger partial charge in [-0.2, -0.15) is 4.31 Å². The van der Waals surface area contributed by atoms with Crippen molar-refractivity contribution in [1.82, 2.24) is 9.62 Å². The molecule has 0 atom stereocenters. The average molecular weight is 367 g/mol. The molecular weight excluding hydrogens is 336 g/mol. The minimum Gasteiger partial charge on any atom is -0.352 e. The number of carbonyl (C=O) groups is 1. The summed E-state index contributed by atoms with van der Waals surface area (Å²) >= 11 is 0. The summed E-state index contributed by atoms with van der Waals surface area (Å²) in [5, 5.41) is 2.89. The predicted molar refractivity (Wildman–Crippen MR) is 101 cm³/mol.